The van der Waals surface area contributed by atoms with Gasteiger partial charge in [0.15, 0.2) is 0 Å². The summed E-state index contributed by atoms with van der Waals surface area (Å²) in [5, 5.41) is 2.99. The number of hydrogen-bond donors (Lipinski definition) is 1. The average Bonchev–Trinajstić information content (AvgIpc) is 2.65. The molecule has 0 fully saturated rings. The Hall–Kier alpha value is -2.55. The monoisotopic (exact) mass is 351 g/mol. The molecule has 1 N–H and O–H groups in total. The molecular formula is C23H29NO2. The van der Waals surface area contributed by atoms with Crippen LogP contribution in [0.2, 0.25) is 0 Å². The van der Waals surface area contributed by atoms with Crippen molar-refractivity contribution < 1.29 is 9.53 Å². The van der Waals surface area contributed by atoms with Gasteiger partial charge in [0.25, 0.3) is 0 Å². The van der Waals surface area contributed by atoms with E-state index >= 15 is 0 Å². The van der Waals surface area contributed by atoms with Crippen LogP contribution >= 0.6 is 0 Å². The van der Waals surface area contributed by atoms with Gasteiger partial charge in [-0.3, -0.25) is 4.79 Å². The second-order valence-electron chi connectivity index (χ2n) is 6.60. The standard InChI is InChI=1S/C23H29NO2/c1-4-5-6-17-26-22-14-9-20(10-15-22)11-16-23(25)24-19(3)21-12-7-18(2)8-13-21/h7-16,19H,4-6,17H2,1-3H3,(H,24,25)/b16-11+/t19-/m1/s1. The summed E-state index contributed by atoms with van der Waals surface area (Å²) in [6.07, 6.45) is 6.85. The van der Waals surface area contributed by atoms with Crippen LogP contribution in [0.25, 0.3) is 6.08 Å². The molecule has 3 heteroatoms. The van der Waals surface area contributed by atoms with Crippen molar-refractivity contribution in [3.05, 3.63) is 71.3 Å². The number of aryl methyl sites for hydroxylation is 1. The first kappa shape index (κ1) is 19.8. The molecule has 2 aromatic carbocycles. The maximum atomic E-state index is 12.1. The van der Waals surface area contributed by atoms with Crippen molar-refractivity contribution in [3.8, 4) is 5.75 Å². The van der Waals surface area contributed by atoms with Gasteiger partial charge < -0.3 is 10.1 Å². The number of carbonyl (C=O) groups is 1. The van der Waals surface area contributed by atoms with Crippen LogP contribution in [0.4, 0.5) is 0 Å². The SMILES string of the molecule is CCCCCOc1ccc(/C=C/C(=O)N[C@H](C)c2ccc(C)cc2)cc1. The van der Waals surface area contributed by atoms with E-state index in [1.807, 2.05) is 49.4 Å². The second-order valence-corrected chi connectivity index (χ2v) is 6.60. The first-order valence-electron chi connectivity index (χ1n) is 9.36. The van der Waals surface area contributed by atoms with Crippen molar-refractivity contribution in [3.63, 3.8) is 0 Å². The third kappa shape index (κ3) is 6.75. The Labute approximate surface area is 157 Å². The van der Waals surface area contributed by atoms with Gasteiger partial charge in [-0.15, -0.1) is 0 Å². The summed E-state index contributed by atoms with van der Waals surface area (Å²) < 4.78 is 5.70. The van der Waals surface area contributed by atoms with Crippen molar-refractivity contribution >= 4 is 12.0 Å². The van der Waals surface area contributed by atoms with E-state index in [-0.39, 0.29) is 11.9 Å². The summed E-state index contributed by atoms with van der Waals surface area (Å²) in [6, 6.07) is 16.0. The zero-order chi connectivity index (χ0) is 18.8. The molecule has 0 aliphatic carbocycles. The highest BCUT2D eigenvalue weighted by Crippen LogP contribution is 2.15. The second kappa shape index (κ2) is 10.4. The third-order valence-corrected chi connectivity index (χ3v) is 4.26. The van der Waals surface area contributed by atoms with Gasteiger partial charge in [0.2, 0.25) is 5.91 Å². The molecule has 0 radical (unpaired) electrons. The minimum absolute atomic E-state index is 0.0216. The predicted molar refractivity (Wildman–Crippen MR) is 108 cm³/mol. The van der Waals surface area contributed by atoms with Crippen LogP contribution in [0.3, 0.4) is 0 Å². The molecule has 0 aliphatic heterocycles. The van der Waals surface area contributed by atoms with Gasteiger partial charge in [-0.05, 0) is 49.6 Å². The van der Waals surface area contributed by atoms with E-state index in [2.05, 4.69) is 31.3 Å². The highest BCUT2D eigenvalue weighted by Gasteiger charge is 2.06. The van der Waals surface area contributed by atoms with Crippen molar-refractivity contribution in [2.45, 2.75) is 46.1 Å². The quantitative estimate of drug-likeness (QED) is 0.481. The molecule has 0 heterocycles. The average molecular weight is 351 g/mol. The lowest BCUT2D eigenvalue weighted by Gasteiger charge is -2.13. The van der Waals surface area contributed by atoms with Crippen molar-refractivity contribution in [2.24, 2.45) is 0 Å². The van der Waals surface area contributed by atoms with E-state index in [0.717, 1.165) is 29.9 Å². The highest BCUT2D eigenvalue weighted by molar-refractivity contribution is 5.91. The number of carbonyl (C=O) groups excluding carboxylic acids is 1. The normalized spacial score (nSPS) is 12.1. The number of benzene rings is 2. The maximum absolute atomic E-state index is 12.1. The van der Waals surface area contributed by atoms with Crippen LogP contribution in [0.5, 0.6) is 5.75 Å². The van der Waals surface area contributed by atoms with Crippen molar-refractivity contribution in [1.82, 2.24) is 5.32 Å². The van der Waals surface area contributed by atoms with Crippen molar-refractivity contribution in [2.75, 3.05) is 6.61 Å². The maximum Gasteiger partial charge on any atom is 0.244 e. The van der Waals surface area contributed by atoms with E-state index in [9.17, 15) is 4.79 Å². The molecule has 0 spiro atoms. The van der Waals surface area contributed by atoms with Gasteiger partial charge in [-0.1, -0.05) is 61.7 Å². The van der Waals surface area contributed by atoms with Gasteiger partial charge in [0.05, 0.1) is 12.6 Å². The molecule has 1 atom stereocenters. The van der Waals surface area contributed by atoms with Crippen LogP contribution in [0.15, 0.2) is 54.6 Å². The third-order valence-electron chi connectivity index (χ3n) is 4.26. The van der Waals surface area contributed by atoms with E-state index in [0.29, 0.717) is 0 Å². The van der Waals surface area contributed by atoms with Gasteiger partial charge in [-0.25, -0.2) is 0 Å². The fraction of sp³-hybridized carbons (Fsp3) is 0.348. The first-order chi connectivity index (χ1) is 12.6. The number of nitrogens with one attached hydrogen (secondary N) is 1. The largest absolute Gasteiger partial charge is 0.494 e. The van der Waals surface area contributed by atoms with Gasteiger partial charge in [0.1, 0.15) is 5.75 Å². The molecule has 2 aromatic rings. The molecule has 0 saturated heterocycles. The van der Waals surface area contributed by atoms with Gasteiger partial charge in [0, 0.05) is 6.08 Å². The Morgan fingerprint density at radius 3 is 2.42 bits per heavy atom. The van der Waals surface area contributed by atoms with E-state index in [4.69, 9.17) is 4.74 Å². The van der Waals surface area contributed by atoms with Crippen LogP contribution in [-0.2, 0) is 4.79 Å². The topological polar surface area (TPSA) is 38.3 Å². The Kier molecular flexibility index (Phi) is 7.94. The molecule has 0 unspecified atom stereocenters. The lowest BCUT2D eigenvalue weighted by molar-refractivity contribution is -0.117. The molecule has 26 heavy (non-hydrogen) atoms. The molecule has 2 rings (SSSR count). The highest BCUT2D eigenvalue weighted by atomic mass is 16.5. The molecule has 3 nitrogen and oxygen atoms in total. The van der Waals surface area contributed by atoms with Crippen LogP contribution in [-0.4, -0.2) is 12.5 Å². The molecule has 0 bridgehead atoms. The van der Waals surface area contributed by atoms with Crippen LogP contribution in [0, 0.1) is 6.92 Å². The smallest absolute Gasteiger partial charge is 0.244 e. The van der Waals surface area contributed by atoms with Crippen LogP contribution < -0.4 is 10.1 Å². The number of hydrogen-bond acceptors (Lipinski definition) is 2. The molecule has 0 aliphatic rings. The zero-order valence-corrected chi connectivity index (χ0v) is 16.0. The Morgan fingerprint density at radius 1 is 1.08 bits per heavy atom. The van der Waals surface area contributed by atoms with Crippen LogP contribution in [0.1, 0.15) is 55.8 Å². The van der Waals surface area contributed by atoms with E-state index in [1.54, 1.807) is 6.08 Å². The number of unbranched alkanes of at least 4 members (excludes halogenated alkanes) is 2. The van der Waals surface area contributed by atoms with E-state index in [1.165, 1.54) is 18.4 Å². The summed E-state index contributed by atoms with van der Waals surface area (Å²) in [6.45, 7) is 6.97. The molecule has 0 saturated carbocycles. The first-order valence-corrected chi connectivity index (χ1v) is 9.36. The van der Waals surface area contributed by atoms with Gasteiger partial charge >= 0.3 is 0 Å². The number of amides is 1. The predicted octanol–water partition coefficient (Wildman–Crippen LogP) is 5.45. The minimum atomic E-state index is -0.0991. The molecule has 0 aromatic heterocycles. The summed E-state index contributed by atoms with van der Waals surface area (Å²) in [5.41, 5.74) is 3.29. The summed E-state index contributed by atoms with van der Waals surface area (Å²) >= 11 is 0. The summed E-state index contributed by atoms with van der Waals surface area (Å²) in [5.74, 6) is 0.772. The molecule has 1 amide bonds. The Balaban J connectivity index is 1.82. The Bertz CT molecular complexity index is 702. The lowest BCUT2D eigenvalue weighted by Crippen LogP contribution is -2.24. The minimum Gasteiger partial charge on any atom is -0.494 e. The zero-order valence-electron chi connectivity index (χ0n) is 16.0. The Morgan fingerprint density at radius 2 is 1.77 bits per heavy atom. The fourth-order valence-electron chi connectivity index (χ4n) is 2.59. The van der Waals surface area contributed by atoms with Gasteiger partial charge in [-0.2, -0.15) is 0 Å². The lowest BCUT2D eigenvalue weighted by atomic mass is 10.1. The van der Waals surface area contributed by atoms with E-state index < -0.39 is 0 Å². The number of rotatable bonds is 9. The number of ether oxygens (including phenoxy) is 1. The molecule has 138 valence electrons. The summed E-state index contributed by atoms with van der Waals surface area (Å²) in [4.78, 5) is 12.1. The molecular weight excluding hydrogens is 322 g/mol. The van der Waals surface area contributed by atoms with Crippen molar-refractivity contribution in [1.29, 1.82) is 0 Å². The summed E-state index contributed by atoms with van der Waals surface area (Å²) in [7, 11) is 0. The fourth-order valence-corrected chi connectivity index (χ4v) is 2.59.